The first-order valence-electron chi connectivity index (χ1n) is 8.99. The largest absolute Gasteiger partial charge is 0.465 e. The molecule has 0 aliphatic heterocycles. The van der Waals surface area contributed by atoms with E-state index in [1.54, 1.807) is 0 Å². The number of nitrogens with one attached hydrogen (secondary N) is 1. The fraction of sp³-hybridized carbons (Fsp3) is 0.632. The molecule has 8 heteroatoms. The van der Waals surface area contributed by atoms with Crippen LogP contribution in [0.3, 0.4) is 0 Å². The smallest absolute Gasteiger partial charge is 0.405 e. The van der Waals surface area contributed by atoms with Gasteiger partial charge in [-0.15, -0.1) is 0 Å². The lowest BCUT2D eigenvalue weighted by Crippen LogP contribution is -2.52. The van der Waals surface area contributed by atoms with Gasteiger partial charge in [0, 0.05) is 16.6 Å². The molecular weight excluding hydrogens is 433 g/mol. The summed E-state index contributed by atoms with van der Waals surface area (Å²) >= 11 is 3.27. The van der Waals surface area contributed by atoms with Gasteiger partial charge in [0.1, 0.15) is 5.82 Å². The third-order valence-corrected chi connectivity index (χ3v) is 10.4. The van der Waals surface area contributed by atoms with Crippen molar-refractivity contribution in [1.82, 2.24) is 5.32 Å². The third-order valence-electron chi connectivity index (χ3n) is 5.41. The maximum Gasteiger partial charge on any atom is 0.405 e. The quantitative estimate of drug-likeness (QED) is 0.364. The van der Waals surface area contributed by atoms with Gasteiger partial charge in [-0.1, -0.05) is 36.7 Å². The predicted octanol–water partition coefficient (Wildman–Crippen LogP) is 5.23. The highest BCUT2D eigenvalue weighted by Crippen LogP contribution is 2.37. The van der Waals surface area contributed by atoms with Crippen LogP contribution in [-0.4, -0.2) is 37.3 Å². The number of carbonyl (C=O) groups is 1. The number of carboxylic acid groups (broad SMARTS) is 1. The number of aliphatic hydroxyl groups excluding tert-OH is 1. The Morgan fingerprint density at radius 2 is 1.93 bits per heavy atom. The number of hydrogen-bond donors (Lipinski definition) is 3. The monoisotopic (exact) mass is 463 g/mol. The van der Waals surface area contributed by atoms with Crippen LogP contribution < -0.4 is 5.32 Å². The molecule has 1 amide bonds. The van der Waals surface area contributed by atoms with Gasteiger partial charge in [-0.2, -0.15) is 0 Å². The molecule has 1 aromatic carbocycles. The minimum absolute atomic E-state index is 0.0877. The van der Waals surface area contributed by atoms with E-state index in [2.05, 4.69) is 55.1 Å². The van der Waals surface area contributed by atoms with E-state index >= 15 is 0 Å². The van der Waals surface area contributed by atoms with Crippen molar-refractivity contribution in [3.63, 3.8) is 0 Å². The molecular formula is C19H31BrFNO4Si. The Bertz CT molecular complexity index is 666. The summed E-state index contributed by atoms with van der Waals surface area (Å²) in [6.45, 7) is 12.7. The van der Waals surface area contributed by atoms with Gasteiger partial charge >= 0.3 is 6.09 Å². The van der Waals surface area contributed by atoms with Crippen molar-refractivity contribution in [3.8, 4) is 0 Å². The zero-order valence-electron chi connectivity index (χ0n) is 16.9. The Balaban J connectivity index is 2.89. The predicted molar refractivity (Wildman–Crippen MR) is 111 cm³/mol. The fourth-order valence-electron chi connectivity index (χ4n) is 2.56. The highest BCUT2D eigenvalue weighted by molar-refractivity contribution is 9.10. The van der Waals surface area contributed by atoms with Crippen LogP contribution >= 0.6 is 15.9 Å². The van der Waals surface area contributed by atoms with Gasteiger partial charge in [0.25, 0.3) is 0 Å². The van der Waals surface area contributed by atoms with Crippen molar-refractivity contribution < 1.29 is 23.8 Å². The number of halogens is 2. The lowest BCUT2D eigenvalue weighted by Gasteiger charge is -2.37. The summed E-state index contributed by atoms with van der Waals surface area (Å²) in [4.78, 5) is 11.3. The molecule has 2 atom stereocenters. The first kappa shape index (κ1) is 24.1. The van der Waals surface area contributed by atoms with Gasteiger partial charge in [0.05, 0.1) is 11.6 Å². The molecule has 0 saturated carbocycles. The van der Waals surface area contributed by atoms with Crippen LogP contribution in [0.15, 0.2) is 22.7 Å². The summed E-state index contributed by atoms with van der Waals surface area (Å²) in [5.41, 5.74) is -1.38. The van der Waals surface area contributed by atoms with Crippen LogP contribution in [0.25, 0.3) is 0 Å². The molecule has 0 saturated heterocycles. The molecule has 154 valence electrons. The first-order valence-corrected chi connectivity index (χ1v) is 12.7. The highest BCUT2D eigenvalue weighted by atomic mass is 79.9. The molecule has 0 radical (unpaired) electrons. The van der Waals surface area contributed by atoms with E-state index in [9.17, 15) is 19.4 Å². The lowest BCUT2D eigenvalue weighted by atomic mass is 9.84. The van der Waals surface area contributed by atoms with E-state index in [0.29, 0.717) is 17.5 Å². The van der Waals surface area contributed by atoms with Crippen LogP contribution in [0.2, 0.25) is 18.1 Å². The molecule has 0 aromatic heterocycles. The minimum Gasteiger partial charge on any atom is -0.465 e. The van der Waals surface area contributed by atoms with E-state index in [1.807, 2.05) is 0 Å². The van der Waals surface area contributed by atoms with E-state index in [-0.39, 0.29) is 17.0 Å². The van der Waals surface area contributed by atoms with Crippen molar-refractivity contribution in [1.29, 1.82) is 0 Å². The molecule has 0 aliphatic carbocycles. The summed E-state index contributed by atoms with van der Waals surface area (Å²) in [6.07, 6.45) is -1.62. The molecule has 0 aliphatic rings. The molecule has 0 bridgehead atoms. The van der Waals surface area contributed by atoms with Crippen molar-refractivity contribution in [2.24, 2.45) is 0 Å². The van der Waals surface area contributed by atoms with Gasteiger partial charge in [-0.25, -0.2) is 9.18 Å². The van der Waals surface area contributed by atoms with Crippen LogP contribution in [0, 0.1) is 5.82 Å². The Morgan fingerprint density at radius 1 is 1.33 bits per heavy atom. The normalized spacial score (nSPS) is 15.9. The van der Waals surface area contributed by atoms with E-state index in [4.69, 9.17) is 4.43 Å². The van der Waals surface area contributed by atoms with E-state index in [0.717, 1.165) is 0 Å². The molecule has 0 spiro atoms. The van der Waals surface area contributed by atoms with Crippen molar-refractivity contribution in [2.45, 2.75) is 70.3 Å². The van der Waals surface area contributed by atoms with Gasteiger partial charge in [0.2, 0.25) is 0 Å². The molecule has 5 nitrogen and oxygen atoms in total. The Labute approximate surface area is 170 Å². The van der Waals surface area contributed by atoms with Gasteiger partial charge in [0.15, 0.2) is 8.32 Å². The second-order valence-corrected chi connectivity index (χ2v) is 14.2. The zero-order valence-corrected chi connectivity index (χ0v) is 19.5. The summed E-state index contributed by atoms with van der Waals surface area (Å²) in [6, 6.07) is 4.26. The van der Waals surface area contributed by atoms with Gasteiger partial charge in [-0.05, 0) is 56.1 Å². The number of rotatable bonds is 8. The maximum absolute atomic E-state index is 14.4. The Hall–Kier alpha value is -0.963. The summed E-state index contributed by atoms with van der Waals surface area (Å²) in [5.74, 6) is -0.578. The standard InChI is InChI=1S/C19H31BrFNO4Si/c1-18(2,3)27(5,6)26-11-7-8-16(23)19(4,22-17(24)25)14-12-13(20)9-10-15(14)21/h9-10,12,16,22-23H,7-8,11H2,1-6H3,(H,24,25)/t16?,19-/m1/s1. The molecule has 1 unspecified atom stereocenters. The number of benzene rings is 1. The fourth-order valence-corrected chi connectivity index (χ4v) is 4.01. The maximum atomic E-state index is 14.4. The molecule has 1 aromatic rings. The van der Waals surface area contributed by atoms with Crippen molar-refractivity contribution >= 4 is 30.3 Å². The van der Waals surface area contributed by atoms with Crippen LogP contribution in [0.5, 0.6) is 0 Å². The second kappa shape index (κ2) is 9.02. The number of hydrogen-bond acceptors (Lipinski definition) is 3. The molecule has 0 heterocycles. The van der Waals surface area contributed by atoms with E-state index < -0.39 is 31.9 Å². The SMILES string of the molecule is CC(C)(C)[Si](C)(C)OCCCC(O)[C@](C)(NC(=O)O)c1cc(Br)ccc1F. The summed E-state index contributed by atoms with van der Waals surface area (Å²) in [5, 5.41) is 22.3. The molecule has 3 N–H and O–H groups in total. The van der Waals surface area contributed by atoms with Gasteiger partial charge in [-0.3, -0.25) is 0 Å². The number of amides is 1. The average molecular weight is 464 g/mol. The number of aliphatic hydroxyl groups is 1. The zero-order chi connectivity index (χ0) is 21.0. The second-order valence-electron chi connectivity index (χ2n) is 8.52. The van der Waals surface area contributed by atoms with Gasteiger partial charge < -0.3 is 20.0 Å². The Morgan fingerprint density at radius 3 is 2.44 bits per heavy atom. The summed E-state index contributed by atoms with van der Waals surface area (Å²) in [7, 11) is -1.89. The van der Waals surface area contributed by atoms with Crippen LogP contribution in [-0.2, 0) is 9.96 Å². The van der Waals surface area contributed by atoms with Crippen LogP contribution in [0.1, 0.15) is 46.1 Å². The van der Waals surface area contributed by atoms with Crippen molar-refractivity contribution in [3.05, 3.63) is 34.1 Å². The molecule has 0 fully saturated rings. The van der Waals surface area contributed by atoms with Crippen molar-refractivity contribution in [2.75, 3.05) is 6.61 Å². The molecule has 27 heavy (non-hydrogen) atoms. The minimum atomic E-state index is -1.89. The first-order chi connectivity index (χ1) is 12.2. The highest BCUT2D eigenvalue weighted by Gasteiger charge is 2.39. The third kappa shape index (κ3) is 6.27. The Kier molecular flexibility index (Phi) is 8.05. The summed E-state index contributed by atoms with van der Waals surface area (Å²) < 4.78 is 21.1. The lowest BCUT2D eigenvalue weighted by molar-refractivity contribution is 0.0524. The van der Waals surface area contributed by atoms with E-state index in [1.165, 1.54) is 25.1 Å². The average Bonchev–Trinajstić information content (AvgIpc) is 2.51. The molecule has 1 rings (SSSR count). The van der Waals surface area contributed by atoms with Crippen LogP contribution in [0.4, 0.5) is 9.18 Å². The topological polar surface area (TPSA) is 78.8 Å².